The lowest BCUT2D eigenvalue weighted by molar-refractivity contribution is 0.104. The van der Waals surface area contributed by atoms with Gasteiger partial charge < -0.3 is 14.5 Å². The van der Waals surface area contributed by atoms with E-state index in [2.05, 4.69) is 9.97 Å². The van der Waals surface area contributed by atoms with Crippen molar-refractivity contribution in [3.05, 3.63) is 54.0 Å². The van der Waals surface area contributed by atoms with Gasteiger partial charge in [-0.05, 0) is 24.3 Å². The van der Waals surface area contributed by atoms with Gasteiger partial charge >= 0.3 is 0 Å². The van der Waals surface area contributed by atoms with Gasteiger partial charge in [0, 0.05) is 40.6 Å². The summed E-state index contributed by atoms with van der Waals surface area (Å²) in [6.07, 6.45) is 5.06. The van der Waals surface area contributed by atoms with Crippen LogP contribution >= 0.6 is 0 Å². The standard InChI is InChI=1S/C16H14N2O3/c1-20-14-4-3-10(7-15(14)21-2)16(19)12-9-18-13-5-6-17-8-11(12)13/h3-9,18H,1-2H3. The summed E-state index contributed by atoms with van der Waals surface area (Å²) in [5, 5.41) is 0.803. The minimum absolute atomic E-state index is 0.0878. The van der Waals surface area contributed by atoms with Crippen LogP contribution in [0.15, 0.2) is 42.9 Å². The number of rotatable bonds is 4. The molecular weight excluding hydrogens is 268 g/mol. The van der Waals surface area contributed by atoms with E-state index in [9.17, 15) is 4.79 Å². The predicted octanol–water partition coefficient (Wildman–Crippen LogP) is 2.81. The lowest BCUT2D eigenvalue weighted by Gasteiger charge is -2.08. The monoisotopic (exact) mass is 282 g/mol. The van der Waals surface area contributed by atoms with Crippen LogP contribution in [0.4, 0.5) is 0 Å². The van der Waals surface area contributed by atoms with Gasteiger partial charge in [0.15, 0.2) is 17.3 Å². The number of hydrogen-bond acceptors (Lipinski definition) is 4. The van der Waals surface area contributed by atoms with Gasteiger partial charge in [0.05, 0.1) is 14.2 Å². The van der Waals surface area contributed by atoms with Crippen LogP contribution in [0, 0.1) is 0 Å². The van der Waals surface area contributed by atoms with E-state index in [0.29, 0.717) is 22.6 Å². The molecule has 2 aromatic heterocycles. The van der Waals surface area contributed by atoms with Crippen LogP contribution in [0.2, 0.25) is 0 Å². The van der Waals surface area contributed by atoms with Crippen molar-refractivity contribution in [3.63, 3.8) is 0 Å². The van der Waals surface area contributed by atoms with E-state index in [1.807, 2.05) is 6.07 Å². The number of ketones is 1. The number of nitrogens with one attached hydrogen (secondary N) is 1. The van der Waals surface area contributed by atoms with Gasteiger partial charge in [-0.25, -0.2) is 0 Å². The highest BCUT2D eigenvalue weighted by molar-refractivity contribution is 6.16. The van der Waals surface area contributed by atoms with Crippen LogP contribution in [0.3, 0.4) is 0 Å². The Kier molecular flexibility index (Phi) is 3.31. The van der Waals surface area contributed by atoms with E-state index in [-0.39, 0.29) is 5.78 Å². The van der Waals surface area contributed by atoms with Crippen molar-refractivity contribution < 1.29 is 14.3 Å². The number of pyridine rings is 1. The second-order valence-corrected chi connectivity index (χ2v) is 4.52. The number of ether oxygens (including phenoxy) is 2. The Morgan fingerprint density at radius 3 is 2.71 bits per heavy atom. The smallest absolute Gasteiger partial charge is 0.195 e. The molecule has 106 valence electrons. The maximum Gasteiger partial charge on any atom is 0.195 e. The highest BCUT2D eigenvalue weighted by atomic mass is 16.5. The number of carbonyl (C=O) groups excluding carboxylic acids is 1. The van der Waals surface area contributed by atoms with Gasteiger partial charge in [0.2, 0.25) is 0 Å². The Labute approximate surface area is 121 Å². The summed E-state index contributed by atoms with van der Waals surface area (Å²) < 4.78 is 10.4. The van der Waals surface area contributed by atoms with Crippen molar-refractivity contribution >= 4 is 16.7 Å². The first kappa shape index (κ1) is 13.2. The number of H-pyrrole nitrogens is 1. The summed E-state index contributed by atoms with van der Waals surface area (Å²) in [5.74, 6) is 1.03. The van der Waals surface area contributed by atoms with Crippen molar-refractivity contribution in [2.24, 2.45) is 0 Å². The Morgan fingerprint density at radius 1 is 1.14 bits per heavy atom. The molecule has 0 radical (unpaired) electrons. The van der Waals surface area contributed by atoms with E-state index in [0.717, 1.165) is 10.9 Å². The molecular formula is C16H14N2O3. The number of aromatic amines is 1. The van der Waals surface area contributed by atoms with Gasteiger partial charge in [-0.1, -0.05) is 0 Å². The number of nitrogens with zero attached hydrogens (tertiary/aromatic N) is 1. The molecule has 0 aliphatic carbocycles. The molecule has 0 aliphatic rings. The van der Waals surface area contributed by atoms with Crippen molar-refractivity contribution in [2.45, 2.75) is 0 Å². The van der Waals surface area contributed by atoms with Crippen LogP contribution in [0.1, 0.15) is 15.9 Å². The first-order valence-corrected chi connectivity index (χ1v) is 6.42. The average Bonchev–Trinajstić information content (AvgIpc) is 2.97. The van der Waals surface area contributed by atoms with Gasteiger partial charge in [0.1, 0.15) is 0 Å². The van der Waals surface area contributed by atoms with E-state index in [1.165, 1.54) is 0 Å². The highest BCUT2D eigenvalue weighted by Crippen LogP contribution is 2.29. The molecule has 1 aromatic carbocycles. The SMILES string of the molecule is COc1ccc(C(=O)c2c[nH]c3ccncc23)cc1OC. The fourth-order valence-corrected chi connectivity index (χ4v) is 2.28. The Bertz CT molecular complexity index is 808. The van der Waals surface area contributed by atoms with Gasteiger partial charge in [0.25, 0.3) is 0 Å². The largest absolute Gasteiger partial charge is 0.493 e. The van der Waals surface area contributed by atoms with Crippen LogP contribution in [0.25, 0.3) is 10.9 Å². The molecule has 0 amide bonds. The van der Waals surface area contributed by atoms with E-state index in [1.54, 1.807) is 51.0 Å². The highest BCUT2D eigenvalue weighted by Gasteiger charge is 2.16. The Hall–Kier alpha value is -2.82. The fraction of sp³-hybridized carbons (Fsp3) is 0.125. The maximum atomic E-state index is 12.6. The van der Waals surface area contributed by atoms with Gasteiger partial charge in [-0.15, -0.1) is 0 Å². The minimum atomic E-state index is -0.0878. The topological polar surface area (TPSA) is 64.2 Å². The number of benzene rings is 1. The molecule has 0 spiro atoms. The molecule has 2 heterocycles. The summed E-state index contributed by atoms with van der Waals surface area (Å²) in [5.41, 5.74) is 2.01. The minimum Gasteiger partial charge on any atom is -0.493 e. The van der Waals surface area contributed by atoms with Crippen molar-refractivity contribution in [2.75, 3.05) is 14.2 Å². The Morgan fingerprint density at radius 2 is 1.95 bits per heavy atom. The molecule has 5 nitrogen and oxygen atoms in total. The molecule has 5 heteroatoms. The first-order valence-electron chi connectivity index (χ1n) is 6.42. The van der Waals surface area contributed by atoms with Crippen molar-refractivity contribution in [1.82, 2.24) is 9.97 Å². The van der Waals surface area contributed by atoms with Crippen molar-refractivity contribution in [1.29, 1.82) is 0 Å². The average molecular weight is 282 g/mol. The van der Waals surface area contributed by atoms with Gasteiger partial charge in [-0.3, -0.25) is 9.78 Å². The molecule has 0 unspecified atom stereocenters. The third-order valence-corrected chi connectivity index (χ3v) is 3.37. The molecule has 3 aromatic rings. The molecule has 0 saturated carbocycles. The van der Waals surface area contributed by atoms with E-state index < -0.39 is 0 Å². The summed E-state index contributed by atoms with van der Waals surface area (Å²) in [6, 6.07) is 6.95. The zero-order valence-corrected chi connectivity index (χ0v) is 11.7. The fourth-order valence-electron chi connectivity index (χ4n) is 2.28. The quantitative estimate of drug-likeness (QED) is 0.747. The maximum absolute atomic E-state index is 12.6. The number of methoxy groups -OCH3 is 2. The normalized spacial score (nSPS) is 10.6. The zero-order valence-electron chi connectivity index (χ0n) is 11.7. The molecule has 1 N–H and O–H groups in total. The molecule has 21 heavy (non-hydrogen) atoms. The predicted molar refractivity (Wildman–Crippen MR) is 79.1 cm³/mol. The van der Waals surface area contributed by atoms with E-state index in [4.69, 9.17) is 9.47 Å². The van der Waals surface area contributed by atoms with Gasteiger partial charge in [-0.2, -0.15) is 0 Å². The number of hydrogen-bond donors (Lipinski definition) is 1. The molecule has 0 bridgehead atoms. The molecule has 0 aliphatic heterocycles. The first-order chi connectivity index (χ1) is 10.2. The summed E-state index contributed by atoms with van der Waals surface area (Å²) in [4.78, 5) is 19.8. The second kappa shape index (κ2) is 5.28. The second-order valence-electron chi connectivity index (χ2n) is 4.52. The number of aromatic nitrogens is 2. The molecule has 0 saturated heterocycles. The lowest BCUT2D eigenvalue weighted by atomic mass is 10.0. The van der Waals surface area contributed by atoms with E-state index >= 15 is 0 Å². The molecule has 0 fully saturated rings. The number of carbonyl (C=O) groups is 1. The van der Waals surface area contributed by atoms with Crippen LogP contribution in [-0.4, -0.2) is 30.0 Å². The van der Waals surface area contributed by atoms with Crippen LogP contribution in [0.5, 0.6) is 11.5 Å². The Balaban J connectivity index is 2.06. The summed E-state index contributed by atoms with van der Waals surface area (Å²) in [6.45, 7) is 0. The van der Waals surface area contributed by atoms with Crippen LogP contribution < -0.4 is 9.47 Å². The third-order valence-electron chi connectivity index (χ3n) is 3.37. The zero-order chi connectivity index (χ0) is 14.8. The lowest BCUT2D eigenvalue weighted by Crippen LogP contribution is -2.01. The third kappa shape index (κ3) is 2.23. The van der Waals surface area contributed by atoms with Crippen molar-refractivity contribution in [3.8, 4) is 11.5 Å². The molecule has 3 rings (SSSR count). The number of fused-ring (bicyclic) bond motifs is 1. The summed E-state index contributed by atoms with van der Waals surface area (Å²) >= 11 is 0. The molecule has 0 atom stereocenters. The summed E-state index contributed by atoms with van der Waals surface area (Å²) in [7, 11) is 3.10. The van der Waals surface area contributed by atoms with Crippen LogP contribution in [-0.2, 0) is 0 Å².